The lowest BCUT2D eigenvalue weighted by molar-refractivity contribution is -0.132. The summed E-state index contributed by atoms with van der Waals surface area (Å²) >= 11 is 0. The number of fused-ring (bicyclic) bond motifs is 1. The summed E-state index contributed by atoms with van der Waals surface area (Å²) in [6, 6.07) is 21.6. The molecule has 2 saturated carbocycles. The number of hydrogen-bond acceptors (Lipinski definition) is 10. The zero-order valence-electron chi connectivity index (χ0n) is 31.1. The highest BCUT2D eigenvalue weighted by Crippen LogP contribution is 2.48. The molecule has 3 heterocycles. The van der Waals surface area contributed by atoms with Crippen LogP contribution in [0.4, 0.5) is 17.1 Å². The van der Waals surface area contributed by atoms with E-state index in [1.807, 2.05) is 19.9 Å². The fourth-order valence-electron chi connectivity index (χ4n) is 8.41. The number of ketones is 2. The molecule has 4 aliphatic rings. The van der Waals surface area contributed by atoms with E-state index in [9.17, 15) is 24.4 Å². The van der Waals surface area contributed by atoms with Crippen molar-refractivity contribution in [1.29, 1.82) is 5.26 Å². The third-order valence-corrected chi connectivity index (χ3v) is 11.5. The number of rotatable bonds is 10. The average Bonchev–Trinajstić information content (AvgIpc) is 3.61. The average molecular weight is 726 g/mol. The van der Waals surface area contributed by atoms with Gasteiger partial charge in [-0.25, -0.2) is 0 Å². The molecule has 0 bridgehead atoms. The molecule has 1 aromatic heterocycles. The van der Waals surface area contributed by atoms with Gasteiger partial charge >= 0.3 is 0 Å². The number of anilines is 3. The number of aryl methyl sites for hydroxylation is 3. The maximum atomic E-state index is 13.5. The zero-order valence-corrected chi connectivity index (χ0v) is 31.1. The summed E-state index contributed by atoms with van der Waals surface area (Å²) in [5, 5.41) is 14.0. The lowest BCUT2D eigenvalue weighted by Gasteiger charge is -2.31. The maximum Gasteiger partial charge on any atom is 0.262 e. The Balaban J connectivity index is 0.995. The Morgan fingerprint density at radius 3 is 2.43 bits per heavy atom. The summed E-state index contributed by atoms with van der Waals surface area (Å²) in [6.45, 7) is 9.96. The Morgan fingerprint density at radius 2 is 1.74 bits per heavy atom. The van der Waals surface area contributed by atoms with Gasteiger partial charge in [-0.3, -0.25) is 24.1 Å². The molecule has 54 heavy (non-hydrogen) atoms. The molecule has 2 aliphatic heterocycles. The molecular formula is C43H43N5O6. The molecule has 0 N–H and O–H groups in total. The maximum absolute atomic E-state index is 13.5. The molecular weight excluding hydrogens is 683 g/mol. The van der Waals surface area contributed by atoms with Gasteiger partial charge in [0, 0.05) is 48.7 Å². The number of amides is 2. The van der Waals surface area contributed by atoms with Gasteiger partial charge in [-0.15, -0.1) is 0 Å². The first-order valence-electron chi connectivity index (χ1n) is 18.8. The highest BCUT2D eigenvalue weighted by molar-refractivity contribution is 6.24. The monoisotopic (exact) mass is 725 g/mol. The Bertz CT molecular complexity index is 2210. The minimum absolute atomic E-state index is 0.0659. The number of carbonyl (C=O) groups is 4. The lowest BCUT2D eigenvalue weighted by Crippen LogP contribution is -2.47. The molecule has 1 saturated heterocycles. The molecule has 3 aromatic carbocycles. The molecule has 3 atom stereocenters. The van der Waals surface area contributed by atoms with Crippen LogP contribution in [0.3, 0.4) is 0 Å². The van der Waals surface area contributed by atoms with E-state index in [-0.39, 0.29) is 59.6 Å². The normalized spacial score (nSPS) is 21.0. The predicted molar refractivity (Wildman–Crippen MR) is 202 cm³/mol. The van der Waals surface area contributed by atoms with Crippen molar-refractivity contribution in [3.63, 3.8) is 0 Å². The van der Waals surface area contributed by atoms with Crippen LogP contribution in [-0.2, 0) is 19.7 Å². The van der Waals surface area contributed by atoms with Gasteiger partial charge in [0.2, 0.25) is 0 Å². The standard InChI is InChI=1S/C43H43N5O6/c1-25-5-6-29(40-27(3)45-54-28(40)4)19-38(25)47(31-9-7-30(8-10-31)43(24-44)16-17-43)22-26(2)53-34-15-18-46(23-34)32-11-13-35-36(20-32)42(52)48(41(35)51)37-14-12-33(49)21-39(37)50/h5-11,13,19-20,26,34,37H,12,14-18,21-23H2,1-4H3/t26?,34-,37?/m1/s1. The van der Waals surface area contributed by atoms with Gasteiger partial charge in [0.25, 0.3) is 11.8 Å². The van der Waals surface area contributed by atoms with Crippen molar-refractivity contribution in [2.75, 3.05) is 29.4 Å². The fraction of sp³-hybridized carbons (Fsp3) is 0.395. The van der Waals surface area contributed by atoms with Gasteiger partial charge < -0.3 is 19.1 Å². The minimum Gasteiger partial charge on any atom is -0.372 e. The second-order valence-electron chi connectivity index (χ2n) is 15.3. The summed E-state index contributed by atoms with van der Waals surface area (Å²) < 4.78 is 12.2. The van der Waals surface area contributed by atoms with Gasteiger partial charge in [-0.05, 0) is 106 Å². The van der Waals surface area contributed by atoms with E-state index in [1.165, 1.54) is 0 Å². The highest BCUT2D eigenvalue weighted by Gasteiger charge is 2.46. The number of ether oxygens (including phenoxy) is 1. The zero-order chi connectivity index (χ0) is 37.9. The number of nitriles is 1. The van der Waals surface area contributed by atoms with Crippen molar-refractivity contribution in [3.8, 4) is 17.2 Å². The quantitative estimate of drug-likeness (QED) is 0.125. The fourth-order valence-corrected chi connectivity index (χ4v) is 8.41. The van der Waals surface area contributed by atoms with Gasteiger partial charge in [0.1, 0.15) is 11.5 Å². The second-order valence-corrected chi connectivity index (χ2v) is 15.3. The first-order chi connectivity index (χ1) is 26.0. The molecule has 2 unspecified atom stereocenters. The third-order valence-electron chi connectivity index (χ3n) is 11.5. The van der Waals surface area contributed by atoms with E-state index >= 15 is 0 Å². The van der Waals surface area contributed by atoms with Crippen molar-refractivity contribution in [2.24, 2.45) is 0 Å². The summed E-state index contributed by atoms with van der Waals surface area (Å²) in [7, 11) is 0. The van der Waals surface area contributed by atoms with Crippen LogP contribution in [0.5, 0.6) is 0 Å². The van der Waals surface area contributed by atoms with Gasteiger partial charge in [0.05, 0.1) is 53.0 Å². The van der Waals surface area contributed by atoms with E-state index in [0.29, 0.717) is 13.1 Å². The van der Waals surface area contributed by atoms with Crippen molar-refractivity contribution in [2.45, 2.75) is 89.9 Å². The minimum atomic E-state index is -0.892. The Morgan fingerprint density at radius 1 is 0.981 bits per heavy atom. The van der Waals surface area contributed by atoms with E-state index < -0.39 is 17.9 Å². The number of imide groups is 1. The van der Waals surface area contributed by atoms with Crippen LogP contribution in [0.15, 0.2) is 65.2 Å². The largest absolute Gasteiger partial charge is 0.372 e. The Hall–Kier alpha value is -5.60. The molecule has 8 rings (SSSR count). The number of aromatic nitrogens is 1. The van der Waals surface area contributed by atoms with E-state index in [1.54, 1.807) is 12.1 Å². The van der Waals surface area contributed by atoms with Crippen LogP contribution in [0.2, 0.25) is 0 Å². The van der Waals surface area contributed by atoms with Crippen LogP contribution in [0, 0.1) is 32.1 Å². The number of benzene rings is 3. The lowest BCUT2D eigenvalue weighted by atomic mass is 9.92. The SMILES string of the molecule is Cc1ccc(-c2c(C)noc2C)cc1N(CC(C)O[C@@H]1CCN(c2ccc3c(c2)C(=O)N(C2CCC(=O)CC2=O)C3=O)C1)c1ccc(C2(C#N)CC2)cc1. The van der Waals surface area contributed by atoms with Gasteiger partial charge in [0.15, 0.2) is 5.78 Å². The van der Waals surface area contributed by atoms with Gasteiger partial charge in [-0.1, -0.05) is 29.4 Å². The van der Waals surface area contributed by atoms with Crippen LogP contribution >= 0.6 is 0 Å². The predicted octanol–water partition coefficient (Wildman–Crippen LogP) is 6.93. The van der Waals surface area contributed by atoms with E-state index in [2.05, 4.69) is 77.3 Å². The molecule has 11 heteroatoms. The molecule has 3 fully saturated rings. The van der Waals surface area contributed by atoms with E-state index in [4.69, 9.17) is 9.26 Å². The Labute approximate surface area is 314 Å². The molecule has 276 valence electrons. The van der Waals surface area contributed by atoms with Crippen LogP contribution in [-0.4, -0.2) is 71.3 Å². The third kappa shape index (κ3) is 6.28. The van der Waals surface area contributed by atoms with E-state index in [0.717, 1.165) is 81.5 Å². The first kappa shape index (κ1) is 35.4. The number of carbonyl (C=O) groups excluding carboxylic acids is 4. The molecule has 0 spiro atoms. The number of nitrogens with zero attached hydrogens (tertiary/aromatic N) is 5. The first-order valence-corrected chi connectivity index (χ1v) is 18.8. The summed E-state index contributed by atoms with van der Waals surface area (Å²) in [4.78, 5) is 56.6. The van der Waals surface area contributed by atoms with Crippen LogP contribution in [0.25, 0.3) is 11.1 Å². The van der Waals surface area contributed by atoms with Crippen molar-refractivity contribution >= 4 is 40.4 Å². The molecule has 0 radical (unpaired) electrons. The van der Waals surface area contributed by atoms with Crippen molar-refractivity contribution < 1.29 is 28.4 Å². The number of Topliss-reactive ketones (excluding diaryl/α,β-unsaturated/α-hetero) is 2. The smallest absolute Gasteiger partial charge is 0.262 e. The van der Waals surface area contributed by atoms with Gasteiger partial charge in [-0.2, -0.15) is 5.26 Å². The van der Waals surface area contributed by atoms with Crippen LogP contribution < -0.4 is 9.80 Å². The van der Waals surface area contributed by atoms with Crippen LogP contribution in [0.1, 0.15) is 88.7 Å². The summed E-state index contributed by atoms with van der Waals surface area (Å²) in [5.41, 5.74) is 8.06. The molecule has 4 aromatic rings. The topological polar surface area (TPSA) is 137 Å². The number of hydrogen-bond donors (Lipinski definition) is 0. The van der Waals surface area contributed by atoms with Crippen molar-refractivity contribution in [3.05, 3.63) is 94.4 Å². The molecule has 2 aliphatic carbocycles. The van der Waals surface area contributed by atoms with Crippen molar-refractivity contribution in [1.82, 2.24) is 10.1 Å². The highest BCUT2D eigenvalue weighted by atomic mass is 16.5. The second kappa shape index (κ2) is 13.7. The molecule has 11 nitrogen and oxygen atoms in total. The molecule has 2 amide bonds. The summed E-state index contributed by atoms with van der Waals surface area (Å²) in [6.07, 6.45) is 2.45. The Kier molecular flexibility index (Phi) is 8.97. The summed E-state index contributed by atoms with van der Waals surface area (Å²) in [5.74, 6) is -0.723.